The van der Waals surface area contributed by atoms with E-state index in [1.54, 1.807) is 6.20 Å². The van der Waals surface area contributed by atoms with Crippen molar-refractivity contribution < 1.29 is 4.74 Å². The first-order valence-corrected chi connectivity index (χ1v) is 10.6. The maximum Gasteiger partial charge on any atom is 0.143 e. The molecular formula is C14H21ClN2OSi. The van der Waals surface area contributed by atoms with Crippen LogP contribution in [0, 0.1) is 6.92 Å². The topological polar surface area (TPSA) is 27.1 Å². The SMILES string of the molecule is Cc1cn(COCC[Si](C)(C)C)c2nccc(Cl)c12. The van der Waals surface area contributed by atoms with Crippen molar-refractivity contribution >= 4 is 30.7 Å². The number of rotatable bonds is 5. The predicted octanol–water partition coefficient (Wildman–Crippen LogP) is 4.31. The molecule has 0 aliphatic carbocycles. The molecule has 0 unspecified atom stereocenters. The normalized spacial score (nSPS) is 12.3. The number of fused-ring (bicyclic) bond motifs is 1. The molecule has 0 aliphatic rings. The number of aryl methyl sites for hydroxylation is 1. The minimum Gasteiger partial charge on any atom is -0.361 e. The van der Waals surface area contributed by atoms with Crippen molar-refractivity contribution in [2.45, 2.75) is 39.3 Å². The third kappa shape index (κ3) is 3.59. The zero-order valence-corrected chi connectivity index (χ0v) is 13.8. The maximum absolute atomic E-state index is 6.21. The van der Waals surface area contributed by atoms with Gasteiger partial charge in [0.25, 0.3) is 0 Å². The third-order valence-corrected chi connectivity index (χ3v) is 5.14. The van der Waals surface area contributed by atoms with Gasteiger partial charge in [-0.1, -0.05) is 31.2 Å². The van der Waals surface area contributed by atoms with E-state index in [0.717, 1.165) is 28.2 Å². The summed E-state index contributed by atoms with van der Waals surface area (Å²) in [7, 11) is -1.02. The number of hydrogen-bond acceptors (Lipinski definition) is 2. The molecule has 3 nitrogen and oxygen atoms in total. The Morgan fingerprint density at radius 3 is 2.79 bits per heavy atom. The fourth-order valence-electron chi connectivity index (χ4n) is 2.01. The highest BCUT2D eigenvalue weighted by Crippen LogP contribution is 2.26. The first-order valence-electron chi connectivity index (χ1n) is 6.56. The quantitative estimate of drug-likeness (QED) is 0.607. The Balaban J connectivity index is 2.08. The van der Waals surface area contributed by atoms with Gasteiger partial charge in [0.05, 0.1) is 5.02 Å². The van der Waals surface area contributed by atoms with Crippen LogP contribution in [0.15, 0.2) is 18.5 Å². The van der Waals surface area contributed by atoms with Crippen molar-refractivity contribution in [2.75, 3.05) is 6.61 Å². The molecule has 0 fully saturated rings. The van der Waals surface area contributed by atoms with E-state index in [-0.39, 0.29) is 0 Å². The van der Waals surface area contributed by atoms with Crippen molar-refractivity contribution in [3.63, 3.8) is 0 Å². The van der Waals surface area contributed by atoms with Gasteiger partial charge in [-0.05, 0) is 24.6 Å². The van der Waals surface area contributed by atoms with E-state index >= 15 is 0 Å². The summed E-state index contributed by atoms with van der Waals surface area (Å²) in [6.45, 7) is 10.5. The van der Waals surface area contributed by atoms with Gasteiger partial charge in [0.1, 0.15) is 12.4 Å². The molecule has 0 aliphatic heterocycles. The lowest BCUT2D eigenvalue weighted by atomic mass is 10.2. The van der Waals surface area contributed by atoms with Gasteiger partial charge in [0, 0.05) is 32.5 Å². The van der Waals surface area contributed by atoms with Gasteiger partial charge in [-0.25, -0.2) is 4.98 Å². The average Bonchev–Trinajstić information content (AvgIpc) is 2.62. The molecule has 0 radical (unpaired) electrons. The summed E-state index contributed by atoms with van der Waals surface area (Å²) in [5.74, 6) is 0. The molecule has 0 amide bonds. The van der Waals surface area contributed by atoms with Crippen LogP contribution in [-0.2, 0) is 11.5 Å². The largest absolute Gasteiger partial charge is 0.361 e. The minimum absolute atomic E-state index is 0.544. The number of hydrogen-bond donors (Lipinski definition) is 0. The van der Waals surface area contributed by atoms with Gasteiger partial charge in [0.2, 0.25) is 0 Å². The Morgan fingerprint density at radius 1 is 1.37 bits per heavy atom. The van der Waals surface area contributed by atoms with Gasteiger partial charge in [0.15, 0.2) is 0 Å². The first kappa shape index (κ1) is 14.6. The molecule has 0 N–H and O–H groups in total. The molecule has 0 atom stereocenters. The summed E-state index contributed by atoms with van der Waals surface area (Å²) >= 11 is 6.21. The smallest absolute Gasteiger partial charge is 0.143 e. The summed E-state index contributed by atoms with van der Waals surface area (Å²) in [4.78, 5) is 4.40. The Morgan fingerprint density at radius 2 is 2.11 bits per heavy atom. The molecule has 2 heterocycles. The Kier molecular flexibility index (Phi) is 4.33. The Hall–Kier alpha value is -0.843. The van der Waals surface area contributed by atoms with Crippen LogP contribution in [-0.4, -0.2) is 24.2 Å². The van der Waals surface area contributed by atoms with Crippen LogP contribution >= 0.6 is 11.6 Å². The lowest BCUT2D eigenvalue weighted by molar-refractivity contribution is 0.0898. The van der Waals surface area contributed by atoms with E-state index in [2.05, 4.69) is 37.7 Å². The number of ether oxygens (including phenoxy) is 1. The molecule has 0 saturated carbocycles. The highest BCUT2D eigenvalue weighted by Gasteiger charge is 2.13. The first-order chi connectivity index (χ1) is 8.88. The Bertz CT molecular complexity index is 575. The van der Waals surface area contributed by atoms with E-state index in [1.165, 1.54) is 6.04 Å². The minimum atomic E-state index is -1.02. The van der Waals surface area contributed by atoms with Crippen molar-refractivity contribution in [1.82, 2.24) is 9.55 Å². The molecular weight excluding hydrogens is 276 g/mol. The van der Waals surface area contributed by atoms with E-state index in [1.807, 2.05) is 10.6 Å². The van der Waals surface area contributed by atoms with Crippen LogP contribution in [0.1, 0.15) is 5.56 Å². The van der Waals surface area contributed by atoms with E-state index in [9.17, 15) is 0 Å². The zero-order chi connectivity index (χ0) is 14.0. The Labute approximate surface area is 120 Å². The van der Waals surface area contributed by atoms with E-state index in [0.29, 0.717) is 6.73 Å². The third-order valence-electron chi connectivity index (χ3n) is 3.12. The summed E-state index contributed by atoms with van der Waals surface area (Å²) in [6.07, 6.45) is 3.79. The second kappa shape index (κ2) is 5.65. The second-order valence-corrected chi connectivity index (χ2v) is 12.1. The number of halogens is 1. The molecule has 2 rings (SSSR count). The van der Waals surface area contributed by atoms with Crippen LogP contribution in [0.2, 0.25) is 30.7 Å². The molecule has 0 bridgehead atoms. The highest BCUT2D eigenvalue weighted by molar-refractivity contribution is 6.76. The zero-order valence-electron chi connectivity index (χ0n) is 12.0. The van der Waals surface area contributed by atoms with Crippen LogP contribution in [0.5, 0.6) is 0 Å². The van der Waals surface area contributed by atoms with Crippen molar-refractivity contribution in [2.24, 2.45) is 0 Å². The van der Waals surface area contributed by atoms with E-state index < -0.39 is 8.07 Å². The van der Waals surface area contributed by atoms with E-state index in [4.69, 9.17) is 16.3 Å². The number of nitrogens with zero attached hydrogens (tertiary/aromatic N) is 2. The standard InChI is InChI=1S/C14H21ClN2OSi/c1-11-9-17(10-18-7-8-19(2,3)4)14-13(11)12(15)5-6-16-14/h5-6,9H,7-8,10H2,1-4H3. The fraction of sp³-hybridized carbons (Fsp3) is 0.500. The van der Waals surface area contributed by atoms with Gasteiger partial charge in [-0.15, -0.1) is 0 Å². The molecule has 2 aromatic rings. The van der Waals surface area contributed by atoms with Crippen molar-refractivity contribution in [3.8, 4) is 0 Å². The fourth-order valence-corrected chi connectivity index (χ4v) is 3.06. The molecule has 104 valence electrons. The molecule has 0 aromatic carbocycles. The van der Waals surface area contributed by atoms with Gasteiger partial charge in [-0.2, -0.15) is 0 Å². The summed E-state index contributed by atoms with van der Waals surface area (Å²) in [5, 5.41) is 1.78. The highest BCUT2D eigenvalue weighted by atomic mass is 35.5. The number of pyridine rings is 1. The molecule has 19 heavy (non-hydrogen) atoms. The van der Waals surface area contributed by atoms with Gasteiger partial charge >= 0.3 is 0 Å². The molecule has 0 saturated heterocycles. The van der Waals surface area contributed by atoms with Crippen LogP contribution in [0.25, 0.3) is 11.0 Å². The van der Waals surface area contributed by atoms with Crippen LogP contribution in [0.3, 0.4) is 0 Å². The summed E-state index contributed by atoms with van der Waals surface area (Å²) < 4.78 is 7.80. The predicted molar refractivity (Wildman–Crippen MR) is 83.6 cm³/mol. The lowest BCUT2D eigenvalue weighted by Gasteiger charge is -2.15. The lowest BCUT2D eigenvalue weighted by Crippen LogP contribution is -2.22. The van der Waals surface area contributed by atoms with Crippen LogP contribution in [0.4, 0.5) is 0 Å². The average molecular weight is 297 g/mol. The molecule has 2 aromatic heterocycles. The summed E-state index contributed by atoms with van der Waals surface area (Å²) in [5.41, 5.74) is 2.04. The van der Waals surface area contributed by atoms with Gasteiger partial charge in [-0.3, -0.25) is 0 Å². The molecule has 5 heteroatoms. The maximum atomic E-state index is 6.21. The monoisotopic (exact) mass is 296 g/mol. The van der Waals surface area contributed by atoms with Gasteiger partial charge < -0.3 is 9.30 Å². The van der Waals surface area contributed by atoms with Crippen molar-refractivity contribution in [1.29, 1.82) is 0 Å². The second-order valence-electron chi connectivity index (χ2n) is 6.12. The summed E-state index contributed by atoms with van der Waals surface area (Å²) in [6, 6.07) is 3.01. The molecule has 0 spiro atoms. The van der Waals surface area contributed by atoms with Crippen LogP contribution < -0.4 is 0 Å². The van der Waals surface area contributed by atoms with Crippen molar-refractivity contribution in [3.05, 3.63) is 29.0 Å². The number of aromatic nitrogens is 2.